The summed E-state index contributed by atoms with van der Waals surface area (Å²) in [6, 6.07) is 13.1. The molecule has 0 aliphatic heterocycles. The van der Waals surface area contributed by atoms with Gasteiger partial charge in [0.15, 0.2) is 5.16 Å². The average Bonchev–Trinajstić information content (AvgIpc) is 3.10. The van der Waals surface area contributed by atoms with E-state index in [-0.39, 0.29) is 24.0 Å². The zero-order valence-corrected chi connectivity index (χ0v) is 19.5. The molecule has 2 amide bonds. The molecule has 0 spiro atoms. The number of hydrogen-bond acceptors (Lipinski definition) is 6. The van der Waals surface area contributed by atoms with Crippen LogP contribution < -0.4 is 15.4 Å². The molecule has 0 aliphatic rings. The van der Waals surface area contributed by atoms with Gasteiger partial charge in [-0.1, -0.05) is 23.9 Å². The van der Waals surface area contributed by atoms with Crippen LogP contribution in [0.3, 0.4) is 0 Å². The number of carbonyl (C=O) groups is 2. The summed E-state index contributed by atoms with van der Waals surface area (Å²) in [6.07, 6.45) is 0.0754. The molecule has 9 heteroatoms. The van der Waals surface area contributed by atoms with Gasteiger partial charge in [-0.3, -0.25) is 9.59 Å². The predicted octanol–water partition coefficient (Wildman–Crippen LogP) is 3.74. The molecule has 0 unspecified atom stereocenters. The highest BCUT2D eigenvalue weighted by molar-refractivity contribution is 7.99. The third-order valence-corrected chi connectivity index (χ3v) is 5.71. The van der Waals surface area contributed by atoms with E-state index in [4.69, 9.17) is 4.74 Å². The number of rotatable bonds is 9. The number of carbonyl (C=O) groups excluding carboxylic acids is 2. The first-order chi connectivity index (χ1) is 15.4. The van der Waals surface area contributed by atoms with Crippen LogP contribution in [-0.4, -0.2) is 38.9 Å². The van der Waals surface area contributed by atoms with Gasteiger partial charge in [-0.2, -0.15) is 0 Å². The van der Waals surface area contributed by atoms with E-state index in [0.717, 1.165) is 22.6 Å². The Morgan fingerprint density at radius 3 is 2.50 bits per heavy atom. The topological polar surface area (TPSA) is 98.1 Å². The molecule has 0 aliphatic carbocycles. The molecule has 1 heterocycles. The Bertz CT molecular complexity index is 1100. The van der Waals surface area contributed by atoms with E-state index in [1.807, 2.05) is 39.0 Å². The van der Waals surface area contributed by atoms with Gasteiger partial charge in [-0.05, 0) is 62.2 Å². The van der Waals surface area contributed by atoms with Crippen molar-refractivity contribution in [3.63, 3.8) is 0 Å². The first-order valence-corrected chi connectivity index (χ1v) is 11.2. The molecule has 0 atom stereocenters. The van der Waals surface area contributed by atoms with Crippen LogP contribution in [-0.2, 0) is 23.1 Å². The van der Waals surface area contributed by atoms with E-state index < -0.39 is 0 Å². The number of benzene rings is 2. The minimum Gasteiger partial charge on any atom is -0.494 e. The van der Waals surface area contributed by atoms with Gasteiger partial charge >= 0.3 is 0 Å². The molecule has 2 N–H and O–H groups in total. The molecule has 0 radical (unpaired) electrons. The van der Waals surface area contributed by atoms with Crippen LogP contribution in [0.1, 0.15) is 23.9 Å². The predicted molar refractivity (Wildman–Crippen MR) is 126 cm³/mol. The lowest BCUT2D eigenvalue weighted by atomic mass is 10.1. The molecule has 0 saturated carbocycles. The van der Waals surface area contributed by atoms with Crippen LogP contribution in [0.2, 0.25) is 0 Å². The van der Waals surface area contributed by atoms with Crippen LogP contribution in [0.15, 0.2) is 47.6 Å². The second-order valence-electron chi connectivity index (χ2n) is 7.30. The van der Waals surface area contributed by atoms with Crippen molar-refractivity contribution in [2.45, 2.75) is 32.3 Å². The van der Waals surface area contributed by atoms with Crippen LogP contribution in [0.25, 0.3) is 0 Å². The number of ether oxygens (including phenoxy) is 1. The van der Waals surface area contributed by atoms with E-state index in [1.165, 1.54) is 11.8 Å². The monoisotopic (exact) mass is 453 g/mol. The summed E-state index contributed by atoms with van der Waals surface area (Å²) in [5.74, 6) is 1.14. The van der Waals surface area contributed by atoms with Gasteiger partial charge in [-0.25, -0.2) is 0 Å². The smallest absolute Gasteiger partial charge is 0.234 e. The molecule has 0 saturated heterocycles. The summed E-state index contributed by atoms with van der Waals surface area (Å²) in [4.78, 5) is 24.7. The Morgan fingerprint density at radius 2 is 1.78 bits per heavy atom. The standard InChI is InChI=1S/C23H27N5O3S/c1-5-31-18-10-8-17(9-11-18)24-21(29)13-20-26-27-23(28(20)4)32-14-22(30)25-19-12-15(2)6-7-16(19)3/h6-12H,5,13-14H2,1-4H3,(H,24,29)(H,25,30). The zero-order chi connectivity index (χ0) is 23.1. The number of aryl methyl sites for hydroxylation is 2. The molecule has 8 nitrogen and oxygen atoms in total. The second-order valence-corrected chi connectivity index (χ2v) is 8.24. The fraction of sp³-hybridized carbons (Fsp3) is 0.304. The summed E-state index contributed by atoms with van der Waals surface area (Å²) in [6.45, 7) is 6.44. The summed E-state index contributed by atoms with van der Waals surface area (Å²) in [5, 5.41) is 14.6. The number of thioether (sulfide) groups is 1. The highest BCUT2D eigenvalue weighted by Crippen LogP contribution is 2.20. The third kappa shape index (κ3) is 6.34. The van der Waals surface area contributed by atoms with E-state index in [2.05, 4.69) is 20.8 Å². The van der Waals surface area contributed by atoms with Gasteiger partial charge in [0.1, 0.15) is 11.6 Å². The first kappa shape index (κ1) is 23.3. The zero-order valence-electron chi connectivity index (χ0n) is 18.6. The molecular formula is C23H27N5O3S. The summed E-state index contributed by atoms with van der Waals surface area (Å²) >= 11 is 1.27. The summed E-state index contributed by atoms with van der Waals surface area (Å²) in [5.41, 5.74) is 3.58. The summed E-state index contributed by atoms with van der Waals surface area (Å²) < 4.78 is 7.13. The van der Waals surface area contributed by atoms with Crippen LogP contribution in [0.5, 0.6) is 5.75 Å². The highest BCUT2D eigenvalue weighted by Gasteiger charge is 2.15. The molecule has 0 bridgehead atoms. The maximum absolute atomic E-state index is 12.4. The SMILES string of the molecule is CCOc1ccc(NC(=O)Cc2nnc(SCC(=O)Nc3cc(C)ccc3C)n2C)cc1. The van der Waals surface area contributed by atoms with Crippen LogP contribution >= 0.6 is 11.8 Å². The lowest BCUT2D eigenvalue weighted by Crippen LogP contribution is -2.17. The number of nitrogens with one attached hydrogen (secondary N) is 2. The average molecular weight is 454 g/mol. The van der Waals surface area contributed by atoms with Crippen molar-refractivity contribution in [3.05, 3.63) is 59.4 Å². The Hall–Kier alpha value is -3.33. The number of aromatic nitrogens is 3. The Balaban J connectivity index is 1.52. The first-order valence-electron chi connectivity index (χ1n) is 10.3. The molecule has 2 aromatic carbocycles. The Morgan fingerprint density at radius 1 is 1.03 bits per heavy atom. The molecule has 3 aromatic rings. The molecule has 168 valence electrons. The lowest BCUT2D eigenvalue weighted by Gasteiger charge is -2.09. The van der Waals surface area contributed by atoms with Gasteiger partial charge in [0.2, 0.25) is 11.8 Å². The van der Waals surface area contributed by atoms with Crippen LogP contribution in [0.4, 0.5) is 11.4 Å². The van der Waals surface area contributed by atoms with Gasteiger partial charge in [-0.15, -0.1) is 10.2 Å². The van der Waals surface area contributed by atoms with E-state index in [9.17, 15) is 9.59 Å². The lowest BCUT2D eigenvalue weighted by molar-refractivity contribution is -0.116. The maximum atomic E-state index is 12.4. The van der Waals surface area contributed by atoms with E-state index in [1.54, 1.807) is 35.9 Å². The Labute approximate surface area is 191 Å². The molecule has 0 fully saturated rings. The van der Waals surface area contributed by atoms with E-state index in [0.29, 0.717) is 23.3 Å². The number of hydrogen-bond donors (Lipinski definition) is 2. The normalized spacial score (nSPS) is 10.6. The highest BCUT2D eigenvalue weighted by atomic mass is 32.2. The fourth-order valence-electron chi connectivity index (χ4n) is 2.96. The quantitative estimate of drug-likeness (QED) is 0.479. The van der Waals surface area contributed by atoms with Crippen molar-refractivity contribution in [3.8, 4) is 5.75 Å². The van der Waals surface area contributed by atoms with Gasteiger partial charge in [0, 0.05) is 18.4 Å². The minimum absolute atomic E-state index is 0.0754. The minimum atomic E-state index is -0.200. The third-order valence-electron chi connectivity index (χ3n) is 4.69. The number of amides is 2. The van der Waals surface area contributed by atoms with Crippen molar-refractivity contribution < 1.29 is 14.3 Å². The van der Waals surface area contributed by atoms with Crippen molar-refractivity contribution in [1.29, 1.82) is 0 Å². The number of nitrogens with zero attached hydrogens (tertiary/aromatic N) is 3. The van der Waals surface area contributed by atoms with E-state index >= 15 is 0 Å². The van der Waals surface area contributed by atoms with Gasteiger partial charge < -0.3 is 19.9 Å². The second kappa shape index (κ2) is 10.8. The van der Waals surface area contributed by atoms with Crippen molar-refractivity contribution >= 4 is 35.0 Å². The summed E-state index contributed by atoms with van der Waals surface area (Å²) in [7, 11) is 1.78. The fourth-order valence-corrected chi connectivity index (χ4v) is 3.69. The largest absolute Gasteiger partial charge is 0.494 e. The van der Waals surface area contributed by atoms with Gasteiger partial charge in [0.05, 0.1) is 18.8 Å². The van der Waals surface area contributed by atoms with Crippen molar-refractivity contribution in [2.24, 2.45) is 7.05 Å². The van der Waals surface area contributed by atoms with Crippen molar-refractivity contribution in [1.82, 2.24) is 14.8 Å². The molecule has 1 aromatic heterocycles. The molecular weight excluding hydrogens is 426 g/mol. The molecule has 32 heavy (non-hydrogen) atoms. The van der Waals surface area contributed by atoms with Crippen molar-refractivity contribution in [2.75, 3.05) is 23.0 Å². The Kier molecular flexibility index (Phi) is 7.88. The maximum Gasteiger partial charge on any atom is 0.234 e. The molecule has 3 rings (SSSR count). The van der Waals surface area contributed by atoms with Gasteiger partial charge in [0.25, 0.3) is 0 Å². The number of anilines is 2. The van der Waals surface area contributed by atoms with Crippen LogP contribution in [0, 0.1) is 13.8 Å².